The highest BCUT2D eigenvalue weighted by molar-refractivity contribution is 8.00. The number of carboxylic acids is 1. The van der Waals surface area contributed by atoms with Gasteiger partial charge in [-0.1, -0.05) is 36.4 Å². The second-order valence-electron chi connectivity index (χ2n) is 6.30. The maximum absolute atomic E-state index is 13.0. The SMILES string of the molecule is O=C(O)/C=C/C(=O)Nc1ccc(SC(C(=O)Nc2ccccn2)c2ccccc2)cc1. The molecular weight excluding hydrogens is 414 g/mol. The molecule has 7 nitrogen and oxygen atoms in total. The van der Waals surface area contributed by atoms with Crippen molar-refractivity contribution in [2.45, 2.75) is 10.1 Å². The highest BCUT2D eigenvalue weighted by atomic mass is 32.2. The van der Waals surface area contributed by atoms with E-state index in [1.165, 1.54) is 11.8 Å². The molecule has 3 rings (SSSR count). The standard InChI is InChI=1S/C23H19N3O4S/c27-20(13-14-21(28)29)25-17-9-11-18(12-10-17)31-22(16-6-2-1-3-7-16)23(30)26-19-8-4-5-15-24-19/h1-15,22H,(H,25,27)(H,28,29)(H,24,26,30)/b14-13+. The van der Waals surface area contributed by atoms with Crippen molar-refractivity contribution in [2.24, 2.45) is 0 Å². The van der Waals surface area contributed by atoms with Crippen LogP contribution in [-0.4, -0.2) is 27.9 Å². The maximum Gasteiger partial charge on any atom is 0.328 e. The molecule has 1 aromatic heterocycles. The van der Waals surface area contributed by atoms with E-state index in [-0.39, 0.29) is 5.91 Å². The lowest BCUT2D eigenvalue weighted by atomic mass is 10.1. The number of nitrogens with one attached hydrogen (secondary N) is 2. The average Bonchev–Trinajstić information content (AvgIpc) is 2.78. The van der Waals surface area contributed by atoms with Crippen LogP contribution in [0.2, 0.25) is 0 Å². The van der Waals surface area contributed by atoms with Crippen LogP contribution in [0.25, 0.3) is 0 Å². The van der Waals surface area contributed by atoms with Crippen LogP contribution in [0.4, 0.5) is 11.5 Å². The Hall–Kier alpha value is -3.91. The molecule has 1 atom stereocenters. The summed E-state index contributed by atoms with van der Waals surface area (Å²) in [6.07, 6.45) is 3.32. The zero-order chi connectivity index (χ0) is 22.1. The Morgan fingerprint density at radius 1 is 0.871 bits per heavy atom. The van der Waals surface area contributed by atoms with Crippen molar-refractivity contribution in [1.82, 2.24) is 4.98 Å². The zero-order valence-electron chi connectivity index (χ0n) is 16.3. The van der Waals surface area contributed by atoms with Crippen LogP contribution in [0.5, 0.6) is 0 Å². The number of carbonyl (C=O) groups is 3. The summed E-state index contributed by atoms with van der Waals surface area (Å²) in [6.45, 7) is 0. The molecule has 2 aromatic carbocycles. The summed E-state index contributed by atoms with van der Waals surface area (Å²) in [4.78, 5) is 40.1. The van der Waals surface area contributed by atoms with Gasteiger partial charge < -0.3 is 15.7 Å². The third-order valence-corrected chi connectivity index (χ3v) is 5.28. The number of carbonyl (C=O) groups excluding carboxylic acids is 2. The van der Waals surface area contributed by atoms with Crippen molar-refractivity contribution in [3.63, 3.8) is 0 Å². The largest absolute Gasteiger partial charge is 0.478 e. The fraction of sp³-hybridized carbons (Fsp3) is 0.0435. The number of hydrogen-bond acceptors (Lipinski definition) is 5. The predicted octanol–water partition coefficient (Wildman–Crippen LogP) is 4.13. The number of rotatable bonds is 8. The van der Waals surface area contributed by atoms with Crippen LogP contribution in [0, 0.1) is 0 Å². The summed E-state index contributed by atoms with van der Waals surface area (Å²) in [6, 6.07) is 21.7. The van der Waals surface area contributed by atoms with Gasteiger partial charge in [0.1, 0.15) is 11.1 Å². The van der Waals surface area contributed by atoms with E-state index in [0.29, 0.717) is 11.5 Å². The number of aliphatic carboxylic acids is 1. The Morgan fingerprint density at radius 3 is 2.23 bits per heavy atom. The minimum atomic E-state index is -1.20. The van der Waals surface area contributed by atoms with Gasteiger partial charge in [-0.05, 0) is 42.0 Å². The van der Waals surface area contributed by atoms with E-state index in [9.17, 15) is 14.4 Å². The number of aromatic nitrogens is 1. The average molecular weight is 433 g/mol. The molecule has 1 unspecified atom stereocenters. The third kappa shape index (κ3) is 6.83. The normalized spacial score (nSPS) is 11.6. The molecule has 31 heavy (non-hydrogen) atoms. The lowest BCUT2D eigenvalue weighted by Crippen LogP contribution is -2.19. The van der Waals surface area contributed by atoms with Crippen molar-refractivity contribution in [3.05, 3.63) is 96.7 Å². The molecule has 0 aliphatic carbocycles. The summed E-state index contributed by atoms with van der Waals surface area (Å²) in [5.41, 5.74) is 1.36. The number of thioether (sulfide) groups is 1. The molecule has 8 heteroatoms. The minimum Gasteiger partial charge on any atom is -0.478 e. The highest BCUT2D eigenvalue weighted by Crippen LogP contribution is 2.36. The quantitative estimate of drug-likeness (QED) is 0.364. The van der Waals surface area contributed by atoms with Crippen LogP contribution < -0.4 is 10.6 Å². The molecule has 0 spiro atoms. The number of benzene rings is 2. The molecule has 2 amide bonds. The lowest BCUT2D eigenvalue weighted by molar-refractivity contribution is -0.131. The Labute approximate surface area is 183 Å². The van der Waals surface area contributed by atoms with E-state index < -0.39 is 17.1 Å². The van der Waals surface area contributed by atoms with Crippen molar-refractivity contribution in [1.29, 1.82) is 0 Å². The van der Waals surface area contributed by atoms with Gasteiger partial charge in [0.15, 0.2) is 0 Å². The van der Waals surface area contributed by atoms with Gasteiger partial charge in [0, 0.05) is 28.9 Å². The molecule has 0 saturated heterocycles. The van der Waals surface area contributed by atoms with E-state index >= 15 is 0 Å². The number of carboxylic acid groups (broad SMARTS) is 1. The molecule has 0 radical (unpaired) electrons. The van der Waals surface area contributed by atoms with E-state index in [1.54, 1.807) is 48.7 Å². The predicted molar refractivity (Wildman–Crippen MR) is 120 cm³/mol. The Kier molecular flexibility index (Phi) is 7.56. The highest BCUT2D eigenvalue weighted by Gasteiger charge is 2.22. The number of anilines is 2. The first kappa shape index (κ1) is 21.8. The maximum atomic E-state index is 13.0. The summed E-state index contributed by atoms with van der Waals surface area (Å²) < 4.78 is 0. The molecule has 0 aliphatic rings. The van der Waals surface area contributed by atoms with Gasteiger partial charge >= 0.3 is 5.97 Å². The van der Waals surface area contributed by atoms with Crippen molar-refractivity contribution < 1.29 is 19.5 Å². The van der Waals surface area contributed by atoms with Gasteiger partial charge in [0.25, 0.3) is 0 Å². The first-order valence-corrected chi connectivity index (χ1v) is 10.1. The molecule has 0 saturated carbocycles. The first-order chi connectivity index (χ1) is 15.0. The Bertz CT molecular complexity index is 1070. The third-order valence-electron chi connectivity index (χ3n) is 4.01. The van der Waals surface area contributed by atoms with Crippen LogP contribution in [0.1, 0.15) is 10.8 Å². The fourth-order valence-electron chi connectivity index (χ4n) is 2.61. The zero-order valence-corrected chi connectivity index (χ0v) is 17.1. The molecular formula is C23H19N3O4S. The summed E-state index contributed by atoms with van der Waals surface area (Å²) in [5.74, 6) is -1.47. The molecule has 0 bridgehead atoms. The van der Waals surface area contributed by atoms with Crippen molar-refractivity contribution in [2.75, 3.05) is 10.6 Å². The second-order valence-corrected chi connectivity index (χ2v) is 7.48. The van der Waals surface area contributed by atoms with Gasteiger partial charge in [-0.2, -0.15) is 0 Å². The smallest absolute Gasteiger partial charge is 0.328 e. The number of nitrogens with zero attached hydrogens (tertiary/aromatic N) is 1. The summed E-state index contributed by atoms with van der Waals surface area (Å²) >= 11 is 1.37. The molecule has 1 heterocycles. The summed E-state index contributed by atoms with van der Waals surface area (Å²) in [7, 11) is 0. The minimum absolute atomic E-state index is 0.203. The topological polar surface area (TPSA) is 108 Å². The molecule has 156 valence electrons. The fourth-order valence-corrected chi connectivity index (χ4v) is 3.64. The second kappa shape index (κ2) is 10.7. The van der Waals surface area contributed by atoms with Crippen molar-refractivity contribution >= 4 is 41.1 Å². The van der Waals surface area contributed by atoms with Crippen LogP contribution >= 0.6 is 11.8 Å². The van der Waals surface area contributed by atoms with E-state index in [2.05, 4.69) is 15.6 Å². The Balaban J connectivity index is 1.73. The van der Waals surface area contributed by atoms with Gasteiger partial charge in [-0.3, -0.25) is 9.59 Å². The molecule has 0 fully saturated rings. The van der Waals surface area contributed by atoms with Gasteiger partial charge in [0.2, 0.25) is 11.8 Å². The number of amides is 2. The van der Waals surface area contributed by atoms with Crippen LogP contribution in [0.15, 0.2) is 96.0 Å². The van der Waals surface area contributed by atoms with E-state index in [0.717, 1.165) is 22.6 Å². The summed E-state index contributed by atoms with van der Waals surface area (Å²) in [5, 5.41) is 13.5. The number of pyridine rings is 1. The Morgan fingerprint density at radius 2 is 1.58 bits per heavy atom. The molecule has 0 aliphatic heterocycles. The van der Waals surface area contributed by atoms with Crippen molar-refractivity contribution in [3.8, 4) is 0 Å². The molecule has 3 aromatic rings. The lowest BCUT2D eigenvalue weighted by Gasteiger charge is -2.17. The first-order valence-electron chi connectivity index (χ1n) is 9.27. The van der Waals surface area contributed by atoms with Gasteiger partial charge in [0.05, 0.1) is 0 Å². The van der Waals surface area contributed by atoms with Gasteiger partial charge in [-0.15, -0.1) is 11.8 Å². The van der Waals surface area contributed by atoms with Crippen LogP contribution in [0.3, 0.4) is 0 Å². The van der Waals surface area contributed by atoms with Gasteiger partial charge in [-0.25, -0.2) is 9.78 Å². The van der Waals surface area contributed by atoms with E-state index in [1.807, 2.05) is 30.3 Å². The number of hydrogen-bond donors (Lipinski definition) is 3. The van der Waals surface area contributed by atoms with Crippen LogP contribution in [-0.2, 0) is 14.4 Å². The van der Waals surface area contributed by atoms with E-state index in [4.69, 9.17) is 5.11 Å². The monoisotopic (exact) mass is 433 g/mol. The molecule has 3 N–H and O–H groups in total.